The van der Waals surface area contributed by atoms with Gasteiger partial charge in [0.15, 0.2) is 6.10 Å². The van der Waals surface area contributed by atoms with Crippen molar-refractivity contribution in [2.45, 2.75) is 20.0 Å². The van der Waals surface area contributed by atoms with Crippen LogP contribution in [0.15, 0.2) is 54.6 Å². The van der Waals surface area contributed by atoms with E-state index in [0.29, 0.717) is 48.2 Å². The van der Waals surface area contributed by atoms with Crippen LogP contribution in [-0.4, -0.2) is 49.1 Å². The second-order valence-electron chi connectivity index (χ2n) is 7.92. The molecule has 2 amide bonds. The lowest BCUT2D eigenvalue weighted by atomic mass is 10.1. The summed E-state index contributed by atoms with van der Waals surface area (Å²) in [7, 11) is 0. The zero-order valence-electron chi connectivity index (χ0n) is 19.0. The van der Waals surface area contributed by atoms with Crippen LogP contribution in [0.1, 0.15) is 28.4 Å². The maximum atomic E-state index is 13.5. The van der Waals surface area contributed by atoms with Gasteiger partial charge in [-0.05, 0) is 43.2 Å². The van der Waals surface area contributed by atoms with Crippen molar-refractivity contribution in [3.05, 3.63) is 71.3 Å². The molecule has 3 aromatic rings. The van der Waals surface area contributed by atoms with E-state index in [9.17, 15) is 9.59 Å². The van der Waals surface area contributed by atoms with E-state index in [1.54, 1.807) is 36.1 Å². The van der Waals surface area contributed by atoms with E-state index in [4.69, 9.17) is 14.7 Å². The first kappa shape index (κ1) is 23.5. The van der Waals surface area contributed by atoms with Crippen LogP contribution >= 0.6 is 11.3 Å². The number of carbonyl (C=O) groups is 2. The fourth-order valence-electron chi connectivity index (χ4n) is 3.76. The minimum atomic E-state index is -0.831. The summed E-state index contributed by atoms with van der Waals surface area (Å²) in [6.45, 7) is 5.56. The topological polar surface area (TPSA) is 91.7 Å². The van der Waals surface area contributed by atoms with E-state index in [2.05, 4.69) is 11.4 Å². The third-order valence-electron chi connectivity index (χ3n) is 5.58. The molecule has 0 bridgehead atoms. The van der Waals surface area contributed by atoms with Crippen LogP contribution in [0.3, 0.4) is 0 Å². The fourth-order valence-corrected chi connectivity index (χ4v) is 4.97. The number of carbonyl (C=O) groups excluding carboxylic acids is 2. The summed E-state index contributed by atoms with van der Waals surface area (Å²) < 4.78 is 11.2. The average Bonchev–Trinajstić information content (AvgIpc) is 3.20. The smallest absolute Gasteiger partial charge is 0.265 e. The maximum absolute atomic E-state index is 13.5. The van der Waals surface area contributed by atoms with Gasteiger partial charge in [0.05, 0.1) is 30.4 Å². The van der Waals surface area contributed by atoms with Crippen molar-refractivity contribution in [1.29, 1.82) is 5.26 Å². The van der Waals surface area contributed by atoms with Crippen LogP contribution in [0.4, 0.5) is 5.00 Å². The molecule has 1 atom stereocenters. The summed E-state index contributed by atoms with van der Waals surface area (Å²) in [5.74, 6) is -0.0669. The Bertz CT molecular complexity index is 1230. The molecule has 0 spiro atoms. The molecule has 1 aliphatic heterocycles. The maximum Gasteiger partial charge on any atom is 0.265 e. The Labute approximate surface area is 202 Å². The largest absolute Gasteiger partial charge is 0.481 e. The number of amides is 2. The number of anilines is 1. The fraction of sp³-hybridized carbons (Fsp3) is 0.269. The Hall–Kier alpha value is -3.67. The Morgan fingerprint density at radius 2 is 1.88 bits per heavy atom. The zero-order chi connectivity index (χ0) is 24.1. The van der Waals surface area contributed by atoms with Crippen molar-refractivity contribution in [3.63, 3.8) is 0 Å². The number of rotatable bonds is 6. The van der Waals surface area contributed by atoms with Gasteiger partial charge in [-0.25, -0.2) is 0 Å². The average molecular weight is 476 g/mol. The van der Waals surface area contributed by atoms with Crippen molar-refractivity contribution < 1.29 is 19.1 Å². The molecule has 34 heavy (non-hydrogen) atoms. The normalized spacial score (nSPS) is 14.2. The summed E-state index contributed by atoms with van der Waals surface area (Å²) in [5.41, 5.74) is 2.76. The van der Waals surface area contributed by atoms with E-state index >= 15 is 0 Å². The molecule has 174 valence electrons. The Morgan fingerprint density at radius 1 is 1.15 bits per heavy atom. The predicted molar refractivity (Wildman–Crippen MR) is 131 cm³/mol. The molecule has 4 rings (SSSR count). The summed E-state index contributed by atoms with van der Waals surface area (Å²) in [6.07, 6.45) is -0.831. The quantitative estimate of drug-likeness (QED) is 0.568. The van der Waals surface area contributed by atoms with E-state index in [1.165, 1.54) is 11.3 Å². The van der Waals surface area contributed by atoms with Gasteiger partial charge < -0.3 is 19.7 Å². The summed E-state index contributed by atoms with van der Waals surface area (Å²) in [5, 5.41) is 12.5. The molecular formula is C26H25N3O4S. The van der Waals surface area contributed by atoms with Gasteiger partial charge in [-0.15, -0.1) is 11.3 Å². The standard InChI is InChI=1S/C26H25N3O4S/c1-17-22(26(31)29-11-13-32-14-12-29)25(34-23(17)20-8-4-3-5-9-20)28-24(30)18(2)33-21-10-6-7-19(15-21)16-27/h3-10,15,18H,11-14H2,1-2H3,(H,28,30). The van der Waals surface area contributed by atoms with E-state index < -0.39 is 6.10 Å². The molecule has 7 nitrogen and oxygen atoms in total. The highest BCUT2D eigenvalue weighted by molar-refractivity contribution is 7.20. The number of nitrogens with zero attached hydrogens (tertiary/aromatic N) is 2. The number of ether oxygens (including phenoxy) is 2. The molecule has 0 saturated carbocycles. The third kappa shape index (κ3) is 5.11. The van der Waals surface area contributed by atoms with Crippen LogP contribution < -0.4 is 10.1 Å². The highest BCUT2D eigenvalue weighted by Gasteiger charge is 2.29. The Balaban J connectivity index is 1.62. The van der Waals surface area contributed by atoms with Crippen LogP contribution in [0.5, 0.6) is 5.75 Å². The van der Waals surface area contributed by atoms with Gasteiger partial charge in [0.2, 0.25) is 0 Å². The van der Waals surface area contributed by atoms with E-state index in [-0.39, 0.29) is 11.8 Å². The molecule has 1 aromatic heterocycles. The van der Waals surface area contributed by atoms with Crippen molar-refractivity contribution in [1.82, 2.24) is 4.90 Å². The van der Waals surface area contributed by atoms with E-state index in [0.717, 1.165) is 16.0 Å². The van der Waals surface area contributed by atoms with Crippen LogP contribution in [0.2, 0.25) is 0 Å². The lowest BCUT2D eigenvalue weighted by Crippen LogP contribution is -2.41. The lowest BCUT2D eigenvalue weighted by molar-refractivity contribution is -0.122. The summed E-state index contributed by atoms with van der Waals surface area (Å²) >= 11 is 1.38. The van der Waals surface area contributed by atoms with Crippen molar-refractivity contribution >= 4 is 28.2 Å². The number of benzene rings is 2. The van der Waals surface area contributed by atoms with Gasteiger partial charge in [0.1, 0.15) is 10.8 Å². The SMILES string of the molecule is Cc1c(-c2ccccc2)sc(NC(=O)C(C)Oc2cccc(C#N)c2)c1C(=O)N1CCOCC1. The molecule has 8 heteroatoms. The first-order valence-corrected chi connectivity index (χ1v) is 11.8. The number of nitrogens with one attached hydrogen (secondary N) is 1. The zero-order valence-corrected chi connectivity index (χ0v) is 19.9. The molecule has 0 aliphatic carbocycles. The molecular weight excluding hydrogens is 450 g/mol. The van der Waals surface area contributed by atoms with Crippen LogP contribution in [0, 0.1) is 18.3 Å². The van der Waals surface area contributed by atoms with Crippen LogP contribution in [0.25, 0.3) is 10.4 Å². The Morgan fingerprint density at radius 3 is 2.59 bits per heavy atom. The van der Waals surface area contributed by atoms with Crippen LogP contribution in [-0.2, 0) is 9.53 Å². The van der Waals surface area contributed by atoms with Gasteiger partial charge in [-0.1, -0.05) is 36.4 Å². The minimum Gasteiger partial charge on any atom is -0.481 e. The second-order valence-corrected chi connectivity index (χ2v) is 8.94. The number of hydrogen-bond acceptors (Lipinski definition) is 6. The van der Waals surface area contributed by atoms with Gasteiger partial charge in [0, 0.05) is 18.0 Å². The number of hydrogen-bond donors (Lipinski definition) is 1. The molecule has 1 fully saturated rings. The molecule has 1 aliphatic rings. The molecule has 1 unspecified atom stereocenters. The molecule has 2 heterocycles. The first-order valence-electron chi connectivity index (χ1n) is 11.0. The molecule has 2 aromatic carbocycles. The third-order valence-corrected chi connectivity index (χ3v) is 6.83. The summed E-state index contributed by atoms with van der Waals surface area (Å²) in [4.78, 5) is 29.2. The first-order chi connectivity index (χ1) is 16.5. The highest BCUT2D eigenvalue weighted by Crippen LogP contribution is 2.40. The minimum absolute atomic E-state index is 0.121. The Kier molecular flexibility index (Phi) is 7.26. The van der Waals surface area contributed by atoms with Gasteiger partial charge in [-0.2, -0.15) is 5.26 Å². The van der Waals surface area contributed by atoms with Gasteiger partial charge in [0.25, 0.3) is 11.8 Å². The van der Waals surface area contributed by atoms with Crippen molar-refractivity contribution in [3.8, 4) is 22.3 Å². The molecule has 0 radical (unpaired) electrons. The van der Waals surface area contributed by atoms with Gasteiger partial charge in [-0.3, -0.25) is 9.59 Å². The molecule has 1 N–H and O–H groups in total. The number of morpholine rings is 1. The van der Waals surface area contributed by atoms with Crippen molar-refractivity contribution in [2.24, 2.45) is 0 Å². The predicted octanol–water partition coefficient (Wildman–Crippen LogP) is 4.47. The lowest BCUT2D eigenvalue weighted by Gasteiger charge is -2.27. The molecule has 1 saturated heterocycles. The number of thiophene rings is 1. The monoisotopic (exact) mass is 475 g/mol. The van der Waals surface area contributed by atoms with Gasteiger partial charge >= 0.3 is 0 Å². The number of nitriles is 1. The highest BCUT2D eigenvalue weighted by atomic mass is 32.1. The second kappa shape index (κ2) is 10.5. The van der Waals surface area contributed by atoms with E-state index in [1.807, 2.05) is 37.3 Å². The summed E-state index contributed by atoms with van der Waals surface area (Å²) in [6, 6.07) is 18.5. The van der Waals surface area contributed by atoms with Crippen molar-refractivity contribution in [2.75, 3.05) is 31.6 Å².